The van der Waals surface area contributed by atoms with Gasteiger partial charge in [0, 0.05) is 25.2 Å². The molecule has 1 amide bonds. The molecule has 0 saturated carbocycles. The number of benzene rings is 2. The van der Waals surface area contributed by atoms with Crippen LogP contribution < -0.4 is 10.2 Å². The lowest BCUT2D eigenvalue weighted by Crippen LogP contribution is -2.45. The van der Waals surface area contributed by atoms with E-state index in [9.17, 15) is 15.2 Å². The highest BCUT2D eigenvalue weighted by molar-refractivity contribution is 5.86. The zero-order valence-electron chi connectivity index (χ0n) is 20.4. The molecule has 184 valence electrons. The average molecular weight is 482 g/mol. The van der Waals surface area contributed by atoms with Crippen LogP contribution >= 0.6 is 0 Å². The number of likely N-dealkylation sites (tertiary alicyclic amines) is 1. The molecular weight excluding hydrogens is 450 g/mol. The summed E-state index contributed by atoms with van der Waals surface area (Å²) in [5.74, 6) is 0.916. The van der Waals surface area contributed by atoms with Crippen molar-refractivity contribution in [2.45, 2.75) is 31.7 Å². The Bertz CT molecular complexity index is 1260. The molecule has 7 nitrogen and oxygen atoms in total. The smallest absolute Gasteiger partial charge is 0.242 e. The number of pyridine rings is 1. The molecule has 3 heterocycles. The van der Waals surface area contributed by atoms with Crippen LogP contribution in [0.1, 0.15) is 31.2 Å². The van der Waals surface area contributed by atoms with Crippen LogP contribution in [-0.2, 0) is 4.79 Å². The van der Waals surface area contributed by atoms with E-state index in [4.69, 9.17) is 4.98 Å². The van der Waals surface area contributed by atoms with E-state index in [2.05, 4.69) is 21.2 Å². The second-order valence-electron chi connectivity index (χ2n) is 9.50. The summed E-state index contributed by atoms with van der Waals surface area (Å²) < 4.78 is 0. The Morgan fingerprint density at radius 1 is 1.03 bits per heavy atom. The summed E-state index contributed by atoms with van der Waals surface area (Å²) in [6, 6.07) is 20.4. The van der Waals surface area contributed by atoms with Gasteiger partial charge in [-0.15, -0.1) is 0 Å². The summed E-state index contributed by atoms with van der Waals surface area (Å²) in [7, 11) is 0. The molecule has 0 bridgehead atoms. The number of rotatable bonds is 7. The van der Waals surface area contributed by atoms with Gasteiger partial charge in [0.05, 0.1) is 17.3 Å². The van der Waals surface area contributed by atoms with Gasteiger partial charge in [0.15, 0.2) is 0 Å². The van der Waals surface area contributed by atoms with Crippen LogP contribution in [0.25, 0.3) is 22.4 Å². The third kappa shape index (κ3) is 5.19. The minimum atomic E-state index is -0.274. The second kappa shape index (κ2) is 10.8. The maximum atomic E-state index is 13.2. The number of phenolic OH excluding ortho intramolecular Hbond substituents is 1. The van der Waals surface area contributed by atoms with E-state index in [-0.39, 0.29) is 17.7 Å². The number of hydrogen-bond acceptors (Lipinski definition) is 6. The van der Waals surface area contributed by atoms with Crippen molar-refractivity contribution in [2.24, 2.45) is 0 Å². The van der Waals surface area contributed by atoms with Crippen molar-refractivity contribution in [3.8, 4) is 34.2 Å². The van der Waals surface area contributed by atoms with Gasteiger partial charge in [-0.3, -0.25) is 4.79 Å². The summed E-state index contributed by atoms with van der Waals surface area (Å²) >= 11 is 0. The molecule has 2 aliphatic heterocycles. The molecule has 0 aliphatic carbocycles. The Labute approximate surface area is 212 Å². The summed E-state index contributed by atoms with van der Waals surface area (Å²) in [5.41, 5.74) is 3.74. The maximum absolute atomic E-state index is 13.2. The summed E-state index contributed by atoms with van der Waals surface area (Å²) in [5, 5.41) is 22.8. The standard InChI is InChI=1S/C29H31N5O2/c30-20-21-9-11-22(12-10-21)23-18-25(24-6-1-2-8-27(24)35)32-28(19-23)34-16-5-7-26(34)29(36)31-13-17-33-14-3-4-15-33/h1-2,6,8-12,18-19,26,35H,3-5,7,13-17H2,(H,31,36)/t26-/m0/s1. The number of amides is 1. The Morgan fingerprint density at radius 2 is 1.81 bits per heavy atom. The van der Waals surface area contributed by atoms with Crippen molar-refractivity contribution < 1.29 is 9.90 Å². The van der Waals surface area contributed by atoms with Gasteiger partial charge >= 0.3 is 0 Å². The molecule has 2 saturated heterocycles. The SMILES string of the molecule is N#Cc1ccc(-c2cc(-c3ccccc3O)nc(N3CCC[C@H]3C(=O)NCCN3CCCC3)c2)cc1. The lowest BCUT2D eigenvalue weighted by atomic mass is 10.0. The number of aromatic nitrogens is 1. The molecule has 3 aromatic rings. The second-order valence-corrected chi connectivity index (χ2v) is 9.50. The molecule has 7 heteroatoms. The van der Waals surface area contributed by atoms with Crippen LogP contribution in [0.3, 0.4) is 0 Å². The Morgan fingerprint density at radius 3 is 2.56 bits per heavy atom. The van der Waals surface area contributed by atoms with Gasteiger partial charge in [0.25, 0.3) is 0 Å². The highest BCUT2D eigenvalue weighted by Crippen LogP contribution is 2.35. The number of hydrogen-bond donors (Lipinski definition) is 2. The van der Waals surface area contributed by atoms with E-state index in [1.54, 1.807) is 24.3 Å². The van der Waals surface area contributed by atoms with Gasteiger partial charge in [0.2, 0.25) is 5.91 Å². The third-order valence-electron chi connectivity index (χ3n) is 7.11. The van der Waals surface area contributed by atoms with Gasteiger partial charge in [-0.1, -0.05) is 24.3 Å². The first-order chi connectivity index (χ1) is 17.6. The predicted molar refractivity (Wildman–Crippen MR) is 141 cm³/mol. The fourth-order valence-corrected chi connectivity index (χ4v) is 5.17. The number of aromatic hydroxyl groups is 1. The lowest BCUT2D eigenvalue weighted by molar-refractivity contribution is -0.122. The monoisotopic (exact) mass is 481 g/mol. The topological polar surface area (TPSA) is 92.5 Å². The number of para-hydroxylation sites is 1. The van der Waals surface area contributed by atoms with Gasteiger partial charge in [-0.25, -0.2) is 4.98 Å². The highest BCUT2D eigenvalue weighted by atomic mass is 16.3. The third-order valence-corrected chi connectivity index (χ3v) is 7.11. The van der Waals surface area contributed by atoms with E-state index < -0.39 is 0 Å². The van der Waals surface area contributed by atoms with E-state index in [0.29, 0.717) is 29.2 Å². The minimum Gasteiger partial charge on any atom is -0.507 e. The van der Waals surface area contributed by atoms with Crippen LogP contribution in [0, 0.1) is 11.3 Å². The van der Waals surface area contributed by atoms with Gasteiger partial charge in [-0.05, 0) is 86.3 Å². The summed E-state index contributed by atoms with van der Waals surface area (Å²) in [6.45, 7) is 4.53. The zero-order chi connectivity index (χ0) is 24.9. The summed E-state index contributed by atoms with van der Waals surface area (Å²) in [6.07, 6.45) is 4.18. The molecule has 0 radical (unpaired) electrons. The first-order valence-electron chi connectivity index (χ1n) is 12.7. The molecule has 2 aliphatic rings. The van der Waals surface area contributed by atoms with Crippen LogP contribution in [-0.4, -0.2) is 59.7 Å². The predicted octanol–water partition coefficient (Wildman–Crippen LogP) is 4.17. The average Bonchev–Trinajstić information content (AvgIpc) is 3.61. The number of carbonyl (C=O) groups excluding carboxylic acids is 1. The lowest BCUT2D eigenvalue weighted by Gasteiger charge is -2.26. The molecule has 2 fully saturated rings. The first kappa shape index (κ1) is 23.8. The normalized spacial score (nSPS) is 17.8. The van der Waals surface area contributed by atoms with Crippen LogP contribution in [0.15, 0.2) is 60.7 Å². The van der Waals surface area contributed by atoms with Crippen molar-refractivity contribution in [3.05, 3.63) is 66.2 Å². The van der Waals surface area contributed by atoms with Crippen molar-refractivity contribution >= 4 is 11.7 Å². The van der Waals surface area contributed by atoms with Crippen molar-refractivity contribution in [3.63, 3.8) is 0 Å². The van der Waals surface area contributed by atoms with Crippen LogP contribution in [0.2, 0.25) is 0 Å². The molecule has 0 unspecified atom stereocenters. The van der Waals surface area contributed by atoms with Crippen molar-refractivity contribution in [2.75, 3.05) is 37.6 Å². The fraction of sp³-hybridized carbons (Fsp3) is 0.345. The number of nitrogens with one attached hydrogen (secondary N) is 1. The minimum absolute atomic E-state index is 0.0429. The molecule has 1 aromatic heterocycles. The number of nitrogens with zero attached hydrogens (tertiary/aromatic N) is 4. The van der Waals surface area contributed by atoms with Crippen molar-refractivity contribution in [1.82, 2.24) is 15.2 Å². The number of nitriles is 1. The Hall–Kier alpha value is -3.89. The molecule has 2 aromatic carbocycles. The van der Waals surface area contributed by atoms with Crippen LogP contribution in [0.5, 0.6) is 5.75 Å². The van der Waals surface area contributed by atoms with Gasteiger partial charge in [0.1, 0.15) is 17.6 Å². The molecular formula is C29H31N5O2. The molecule has 0 spiro atoms. The van der Waals surface area contributed by atoms with Gasteiger partial charge < -0.3 is 20.2 Å². The fourth-order valence-electron chi connectivity index (χ4n) is 5.17. The van der Waals surface area contributed by atoms with Crippen molar-refractivity contribution in [1.29, 1.82) is 5.26 Å². The van der Waals surface area contributed by atoms with E-state index in [1.807, 2.05) is 36.4 Å². The number of phenols is 1. The molecule has 36 heavy (non-hydrogen) atoms. The van der Waals surface area contributed by atoms with E-state index in [0.717, 1.165) is 50.1 Å². The number of anilines is 1. The quantitative estimate of drug-likeness (QED) is 0.526. The molecule has 1 atom stereocenters. The zero-order valence-corrected chi connectivity index (χ0v) is 20.4. The van der Waals surface area contributed by atoms with E-state index in [1.165, 1.54) is 12.8 Å². The van der Waals surface area contributed by atoms with Crippen LogP contribution in [0.4, 0.5) is 5.82 Å². The number of carbonyl (C=O) groups is 1. The summed E-state index contributed by atoms with van der Waals surface area (Å²) in [4.78, 5) is 22.6. The van der Waals surface area contributed by atoms with E-state index >= 15 is 0 Å². The maximum Gasteiger partial charge on any atom is 0.242 e. The first-order valence-corrected chi connectivity index (χ1v) is 12.7. The van der Waals surface area contributed by atoms with Gasteiger partial charge in [-0.2, -0.15) is 5.26 Å². The Balaban J connectivity index is 1.44. The molecule has 5 rings (SSSR count). The molecule has 2 N–H and O–H groups in total. The largest absolute Gasteiger partial charge is 0.507 e. The Kier molecular flexibility index (Phi) is 7.15. The highest BCUT2D eigenvalue weighted by Gasteiger charge is 2.32.